The summed E-state index contributed by atoms with van der Waals surface area (Å²) >= 11 is 0. The molecule has 0 spiro atoms. The summed E-state index contributed by atoms with van der Waals surface area (Å²) in [6.45, 7) is 4.98. The van der Waals surface area contributed by atoms with Gasteiger partial charge in [-0.3, -0.25) is 9.69 Å². The first-order chi connectivity index (χ1) is 11.7. The number of aromatic nitrogens is 1. The van der Waals surface area contributed by atoms with E-state index in [1.807, 2.05) is 6.07 Å². The number of rotatable bonds is 5. The van der Waals surface area contributed by atoms with Crippen LogP contribution < -0.4 is 5.32 Å². The Labute approximate surface area is 142 Å². The van der Waals surface area contributed by atoms with Crippen LogP contribution >= 0.6 is 0 Å². The molecule has 2 aliphatic rings. The van der Waals surface area contributed by atoms with Gasteiger partial charge in [0, 0.05) is 37.7 Å². The van der Waals surface area contributed by atoms with Gasteiger partial charge in [0.2, 0.25) is 0 Å². The first-order valence-electron chi connectivity index (χ1n) is 8.73. The lowest BCUT2D eigenvalue weighted by Crippen LogP contribution is -2.39. The van der Waals surface area contributed by atoms with E-state index in [4.69, 9.17) is 4.52 Å². The van der Waals surface area contributed by atoms with E-state index in [-0.39, 0.29) is 11.9 Å². The van der Waals surface area contributed by atoms with Gasteiger partial charge in [0.25, 0.3) is 5.91 Å². The molecule has 1 aromatic carbocycles. The molecule has 1 N–H and O–H groups in total. The van der Waals surface area contributed by atoms with Crippen LogP contribution in [0.2, 0.25) is 0 Å². The van der Waals surface area contributed by atoms with Crippen LogP contribution in [0.3, 0.4) is 0 Å². The van der Waals surface area contributed by atoms with Gasteiger partial charge in [-0.05, 0) is 24.3 Å². The van der Waals surface area contributed by atoms with Crippen molar-refractivity contribution >= 4 is 5.91 Å². The quantitative estimate of drug-likeness (QED) is 0.918. The Morgan fingerprint density at radius 1 is 1.29 bits per heavy atom. The summed E-state index contributed by atoms with van der Waals surface area (Å²) in [4.78, 5) is 14.8. The van der Waals surface area contributed by atoms with Crippen LogP contribution in [0.4, 0.5) is 0 Å². The molecular weight excluding hydrogens is 302 g/mol. The number of carbonyl (C=O) groups excluding carboxylic acids is 1. The largest absolute Gasteiger partial charge is 0.360 e. The zero-order chi connectivity index (χ0) is 16.5. The van der Waals surface area contributed by atoms with Crippen molar-refractivity contribution in [2.24, 2.45) is 5.92 Å². The summed E-state index contributed by atoms with van der Waals surface area (Å²) in [5, 5.41) is 7.06. The van der Waals surface area contributed by atoms with Crippen molar-refractivity contribution in [3.8, 4) is 0 Å². The average Bonchev–Trinajstić information content (AvgIpc) is 3.21. The van der Waals surface area contributed by atoms with E-state index >= 15 is 0 Å². The molecule has 5 heteroatoms. The van der Waals surface area contributed by atoms with Crippen LogP contribution in [0.15, 0.2) is 40.9 Å². The van der Waals surface area contributed by atoms with Crippen LogP contribution in [-0.4, -0.2) is 35.1 Å². The van der Waals surface area contributed by atoms with Crippen LogP contribution in [0.25, 0.3) is 0 Å². The summed E-state index contributed by atoms with van der Waals surface area (Å²) in [5.41, 5.74) is 1.72. The van der Waals surface area contributed by atoms with Crippen LogP contribution in [-0.2, 0) is 6.54 Å². The molecule has 126 valence electrons. The molecule has 1 aliphatic heterocycles. The zero-order valence-corrected chi connectivity index (χ0v) is 13.9. The van der Waals surface area contributed by atoms with E-state index in [1.165, 1.54) is 5.56 Å². The molecule has 2 aromatic rings. The van der Waals surface area contributed by atoms with Crippen LogP contribution in [0.5, 0.6) is 0 Å². The number of likely N-dealkylation sites (tertiary alicyclic amines) is 1. The van der Waals surface area contributed by atoms with Crippen molar-refractivity contribution in [1.29, 1.82) is 0 Å². The second-order valence-electron chi connectivity index (χ2n) is 7.13. The number of hydrogen-bond donors (Lipinski definition) is 1. The van der Waals surface area contributed by atoms with E-state index in [0.29, 0.717) is 17.5 Å². The average molecular weight is 325 g/mol. The highest BCUT2D eigenvalue weighted by molar-refractivity contribution is 5.92. The molecular formula is C19H23N3O2. The molecule has 1 aromatic heterocycles. The van der Waals surface area contributed by atoms with Gasteiger partial charge >= 0.3 is 0 Å². The van der Waals surface area contributed by atoms with Crippen LogP contribution in [0, 0.1) is 5.92 Å². The molecule has 0 bridgehead atoms. The van der Waals surface area contributed by atoms with Gasteiger partial charge in [-0.15, -0.1) is 0 Å². The van der Waals surface area contributed by atoms with Crippen molar-refractivity contribution in [3.05, 3.63) is 53.4 Å². The Balaban J connectivity index is 1.34. The second kappa shape index (κ2) is 6.40. The molecule has 24 heavy (non-hydrogen) atoms. The first kappa shape index (κ1) is 15.4. The standard InChI is InChI=1S/C19H23N3O2/c1-13-10-22(11-14-5-3-2-4-6-14)12-17(13)20-19(23)16-9-18(24-21-16)15-7-8-15/h2-6,9,13,15,17H,7-8,10-12H2,1H3,(H,20,23)/t13-,17+/m0/s1. The molecule has 1 amide bonds. The monoisotopic (exact) mass is 325 g/mol. The molecule has 1 saturated heterocycles. The van der Waals surface area contributed by atoms with Gasteiger partial charge in [0.15, 0.2) is 5.69 Å². The number of amides is 1. The highest BCUT2D eigenvalue weighted by Gasteiger charge is 2.32. The predicted octanol–water partition coefficient (Wildman–Crippen LogP) is 2.80. The normalized spacial score (nSPS) is 24.2. The molecule has 5 nitrogen and oxygen atoms in total. The van der Waals surface area contributed by atoms with Gasteiger partial charge in [-0.1, -0.05) is 42.4 Å². The summed E-state index contributed by atoms with van der Waals surface area (Å²) < 4.78 is 5.28. The highest BCUT2D eigenvalue weighted by Crippen LogP contribution is 2.40. The van der Waals surface area contributed by atoms with E-state index in [0.717, 1.165) is 38.2 Å². The molecule has 4 rings (SSSR count). The van der Waals surface area contributed by atoms with E-state index in [9.17, 15) is 4.79 Å². The predicted molar refractivity (Wildman–Crippen MR) is 90.6 cm³/mol. The Kier molecular flexibility index (Phi) is 4.10. The van der Waals surface area contributed by atoms with E-state index < -0.39 is 0 Å². The van der Waals surface area contributed by atoms with E-state index in [2.05, 4.69) is 46.6 Å². The van der Waals surface area contributed by atoms with Gasteiger partial charge in [-0.2, -0.15) is 0 Å². The lowest BCUT2D eigenvalue weighted by atomic mass is 10.1. The Hall–Kier alpha value is -2.14. The van der Waals surface area contributed by atoms with Gasteiger partial charge in [0.1, 0.15) is 5.76 Å². The second-order valence-corrected chi connectivity index (χ2v) is 7.13. The summed E-state index contributed by atoms with van der Waals surface area (Å²) in [6, 6.07) is 12.4. The van der Waals surface area contributed by atoms with Gasteiger partial charge < -0.3 is 9.84 Å². The fourth-order valence-corrected chi connectivity index (χ4v) is 3.42. The molecule has 1 saturated carbocycles. The maximum Gasteiger partial charge on any atom is 0.273 e. The Bertz CT molecular complexity index is 708. The molecule has 0 unspecified atom stereocenters. The minimum Gasteiger partial charge on any atom is -0.360 e. The van der Waals surface area contributed by atoms with Crippen molar-refractivity contribution in [2.75, 3.05) is 13.1 Å². The lowest BCUT2D eigenvalue weighted by molar-refractivity contribution is 0.0922. The third kappa shape index (κ3) is 3.36. The third-order valence-electron chi connectivity index (χ3n) is 4.99. The first-order valence-corrected chi connectivity index (χ1v) is 8.73. The Morgan fingerprint density at radius 2 is 2.08 bits per heavy atom. The van der Waals surface area contributed by atoms with Crippen molar-refractivity contribution in [1.82, 2.24) is 15.4 Å². The minimum absolute atomic E-state index is 0.121. The maximum atomic E-state index is 12.4. The summed E-state index contributed by atoms with van der Waals surface area (Å²) in [6.07, 6.45) is 2.29. The fourth-order valence-electron chi connectivity index (χ4n) is 3.42. The summed E-state index contributed by atoms with van der Waals surface area (Å²) in [5.74, 6) is 1.63. The van der Waals surface area contributed by atoms with Crippen molar-refractivity contribution < 1.29 is 9.32 Å². The topological polar surface area (TPSA) is 58.4 Å². The maximum absolute atomic E-state index is 12.4. The number of benzene rings is 1. The number of nitrogens with one attached hydrogen (secondary N) is 1. The van der Waals surface area contributed by atoms with Gasteiger partial charge in [-0.25, -0.2) is 0 Å². The smallest absolute Gasteiger partial charge is 0.273 e. The van der Waals surface area contributed by atoms with Crippen molar-refractivity contribution in [2.45, 2.75) is 38.3 Å². The third-order valence-corrected chi connectivity index (χ3v) is 4.99. The molecule has 1 aliphatic carbocycles. The Morgan fingerprint density at radius 3 is 2.83 bits per heavy atom. The highest BCUT2D eigenvalue weighted by atomic mass is 16.5. The summed E-state index contributed by atoms with van der Waals surface area (Å²) in [7, 11) is 0. The van der Waals surface area contributed by atoms with Gasteiger partial charge in [0.05, 0.1) is 0 Å². The molecule has 2 fully saturated rings. The minimum atomic E-state index is -0.121. The lowest BCUT2D eigenvalue weighted by Gasteiger charge is -2.16. The molecule has 2 atom stereocenters. The van der Waals surface area contributed by atoms with Crippen LogP contribution in [0.1, 0.15) is 47.5 Å². The number of nitrogens with zero attached hydrogens (tertiary/aromatic N) is 2. The fraction of sp³-hybridized carbons (Fsp3) is 0.474. The van der Waals surface area contributed by atoms with E-state index in [1.54, 1.807) is 6.07 Å². The number of carbonyl (C=O) groups is 1. The number of hydrogen-bond acceptors (Lipinski definition) is 4. The SMILES string of the molecule is C[C@H]1CN(Cc2ccccc2)C[C@H]1NC(=O)c1cc(C2CC2)on1. The molecule has 2 heterocycles. The zero-order valence-electron chi connectivity index (χ0n) is 13.9. The van der Waals surface area contributed by atoms with Crippen molar-refractivity contribution in [3.63, 3.8) is 0 Å². The molecule has 0 radical (unpaired) electrons.